The van der Waals surface area contributed by atoms with Crippen LogP contribution in [0.15, 0.2) is 66.7 Å². The van der Waals surface area contributed by atoms with E-state index in [1.807, 2.05) is 48.5 Å². The Labute approximate surface area is 193 Å². The first-order chi connectivity index (χ1) is 16.2. The van der Waals surface area contributed by atoms with Crippen LogP contribution < -0.4 is 25.2 Å². The van der Waals surface area contributed by atoms with E-state index in [-0.39, 0.29) is 5.91 Å². The highest BCUT2D eigenvalue weighted by Crippen LogP contribution is 2.38. The Balaban J connectivity index is 1.56. The zero-order valence-corrected chi connectivity index (χ0v) is 18.4. The van der Waals surface area contributed by atoms with Crippen molar-refractivity contribution in [2.75, 3.05) is 48.4 Å². The minimum atomic E-state index is -0.413. The summed E-state index contributed by atoms with van der Waals surface area (Å²) in [5, 5.41) is 16.2. The van der Waals surface area contributed by atoms with E-state index in [1.54, 1.807) is 24.1 Å². The number of nitrogens with zero attached hydrogens (tertiary/aromatic N) is 3. The van der Waals surface area contributed by atoms with Crippen molar-refractivity contribution in [2.24, 2.45) is 0 Å². The molecule has 0 saturated carbocycles. The minimum absolute atomic E-state index is 0.0739. The third-order valence-corrected chi connectivity index (χ3v) is 6.19. The fraction of sp³-hybridized carbons (Fsp3) is 0.231. The Kier molecular flexibility index (Phi) is 5.59. The molecular formula is C26H25N5O2. The lowest BCUT2D eigenvalue weighted by Gasteiger charge is -2.39. The van der Waals surface area contributed by atoms with Crippen LogP contribution in [0.25, 0.3) is 0 Å². The summed E-state index contributed by atoms with van der Waals surface area (Å²) in [7, 11) is 1.62. The van der Waals surface area contributed by atoms with Crippen LogP contribution in [0.1, 0.15) is 27.7 Å². The third kappa shape index (κ3) is 3.97. The van der Waals surface area contributed by atoms with E-state index in [0.717, 1.165) is 54.6 Å². The number of nitrogens with one attached hydrogen (secondary N) is 2. The molecule has 7 nitrogen and oxygen atoms in total. The van der Waals surface area contributed by atoms with Crippen LogP contribution in [-0.4, -0.2) is 39.2 Å². The fourth-order valence-electron chi connectivity index (χ4n) is 4.40. The predicted octanol–water partition coefficient (Wildman–Crippen LogP) is 3.75. The SMILES string of the molecule is COc1ccc(N2C(=O)c3ccc(N4CCNCC4)cc3NC2c2ccc(C#N)cc2)cc1. The molecular weight excluding hydrogens is 414 g/mol. The number of hydrogen-bond acceptors (Lipinski definition) is 6. The summed E-state index contributed by atoms with van der Waals surface area (Å²) < 4.78 is 5.29. The first-order valence-corrected chi connectivity index (χ1v) is 11.0. The number of nitriles is 1. The van der Waals surface area contributed by atoms with Gasteiger partial charge in [0.05, 0.1) is 30.0 Å². The molecule has 33 heavy (non-hydrogen) atoms. The molecule has 3 aromatic rings. The lowest BCUT2D eigenvalue weighted by atomic mass is 10.0. The molecule has 1 saturated heterocycles. The van der Waals surface area contributed by atoms with Crippen LogP contribution in [0, 0.1) is 11.3 Å². The van der Waals surface area contributed by atoms with E-state index in [0.29, 0.717) is 11.1 Å². The zero-order valence-electron chi connectivity index (χ0n) is 18.4. The molecule has 2 heterocycles. The van der Waals surface area contributed by atoms with Crippen molar-refractivity contribution >= 4 is 23.0 Å². The molecule has 0 aromatic heterocycles. The number of methoxy groups -OCH3 is 1. The maximum absolute atomic E-state index is 13.7. The van der Waals surface area contributed by atoms with E-state index >= 15 is 0 Å². The largest absolute Gasteiger partial charge is 0.497 e. The summed E-state index contributed by atoms with van der Waals surface area (Å²) in [5.41, 5.74) is 4.80. The molecule has 0 aliphatic carbocycles. The molecule has 2 N–H and O–H groups in total. The number of carbonyl (C=O) groups excluding carboxylic acids is 1. The topological polar surface area (TPSA) is 80.6 Å². The van der Waals surface area contributed by atoms with Gasteiger partial charge in [-0.3, -0.25) is 9.69 Å². The number of fused-ring (bicyclic) bond motifs is 1. The summed E-state index contributed by atoms with van der Waals surface area (Å²) in [6, 6.07) is 23.0. The highest BCUT2D eigenvalue weighted by molar-refractivity contribution is 6.12. The molecule has 166 valence electrons. The number of anilines is 3. The molecule has 1 unspecified atom stereocenters. The lowest BCUT2D eigenvalue weighted by molar-refractivity contribution is 0.0975. The number of piperazine rings is 1. The van der Waals surface area contributed by atoms with Crippen molar-refractivity contribution in [1.29, 1.82) is 5.26 Å². The molecule has 3 aromatic carbocycles. The number of hydrogen-bond donors (Lipinski definition) is 2. The summed E-state index contributed by atoms with van der Waals surface area (Å²) in [6.07, 6.45) is -0.413. The van der Waals surface area contributed by atoms with E-state index in [4.69, 9.17) is 4.74 Å². The first-order valence-electron chi connectivity index (χ1n) is 11.0. The number of carbonyl (C=O) groups is 1. The van der Waals surface area contributed by atoms with Crippen molar-refractivity contribution in [2.45, 2.75) is 6.17 Å². The molecule has 0 radical (unpaired) electrons. The molecule has 7 heteroatoms. The average Bonchev–Trinajstić information content (AvgIpc) is 2.89. The van der Waals surface area contributed by atoms with Gasteiger partial charge in [0.15, 0.2) is 0 Å². The maximum atomic E-state index is 13.7. The summed E-state index contributed by atoms with van der Waals surface area (Å²) in [5.74, 6) is 0.655. The molecule has 0 bridgehead atoms. The molecule has 1 atom stereocenters. The van der Waals surface area contributed by atoms with Crippen LogP contribution in [0.3, 0.4) is 0 Å². The molecule has 1 amide bonds. The smallest absolute Gasteiger partial charge is 0.262 e. The van der Waals surface area contributed by atoms with Crippen LogP contribution in [-0.2, 0) is 0 Å². The fourth-order valence-corrected chi connectivity index (χ4v) is 4.40. The van der Waals surface area contributed by atoms with Crippen LogP contribution >= 0.6 is 0 Å². The van der Waals surface area contributed by atoms with Crippen molar-refractivity contribution < 1.29 is 9.53 Å². The zero-order chi connectivity index (χ0) is 22.8. The molecule has 0 spiro atoms. The quantitative estimate of drug-likeness (QED) is 0.645. The van der Waals surface area contributed by atoms with Gasteiger partial charge in [-0.25, -0.2) is 0 Å². The van der Waals surface area contributed by atoms with Gasteiger partial charge in [-0.05, 0) is 60.2 Å². The van der Waals surface area contributed by atoms with Crippen LogP contribution in [0.2, 0.25) is 0 Å². The monoisotopic (exact) mass is 439 g/mol. The van der Waals surface area contributed by atoms with Gasteiger partial charge in [-0.1, -0.05) is 12.1 Å². The second-order valence-corrected chi connectivity index (χ2v) is 8.12. The van der Waals surface area contributed by atoms with Gasteiger partial charge < -0.3 is 20.3 Å². The lowest BCUT2D eigenvalue weighted by Crippen LogP contribution is -2.44. The van der Waals surface area contributed by atoms with Gasteiger partial charge in [0, 0.05) is 37.6 Å². The number of rotatable bonds is 4. The van der Waals surface area contributed by atoms with Gasteiger partial charge in [0.25, 0.3) is 5.91 Å². The standard InChI is InChI=1S/C26H25N5O2/c1-33-22-9-6-20(7-10-22)31-25(19-4-2-18(17-27)3-5-19)29-24-16-21(8-11-23(24)26(31)32)30-14-12-28-13-15-30/h2-11,16,25,28-29H,12-15H2,1H3. The van der Waals surface area contributed by atoms with E-state index in [2.05, 4.69) is 27.7 Å². The minimum Gasteiger partial charge on any atom is -0.497 e. The van der Waals surface area contributed by atoms with Crippen molar-refractivity contribution in [1.82, 2.24) is 5.32 Å². The number of amides is 1. The predicted molar refractivity (Wildman–Crippen MR) is 129 cm³/mol. The number of benzene rings is 3. The van der Waals surface area contributed by atoms with Gasteiger partial charge in [-0.2, -0.15) is 5.26 Å². The average molecular weight is 440 g/mol. The summed E-state index contributed by atoms with van der Waals surface area (Å²) >= 11 is 0. The maximum Gasteiger partial charge on any atom is 0.262 e. The normalized spacial score (nSPS) is 17.7. The highest BCUT2D eigenvalue weighted by atomic mass is 16.5. The van der Waals surface area contributed by atoms with E-state index in [9.17, 15) is 10.1 Å². The van der Waals surface area contributed by atoms with E-state index in [1.165, 1.54) is 0 Å². The van der Waals surface area contributed by atoms with Gasteiger partial charge >= 0.3 is 0 Å². The Morgan fingerprint density at radius 3 is 2.33 bits per heavy atom. The summed E-state index contributed by atoms with van der Waals surface area (Å²) in [6.45, 7) is 3.76. The Morgan fingerprint density at radius 2 is 1.67 bits per heavy atom. The van der Waals surface area contributed by atoms with Crippen molar-refractivity contribution in [3.63, 3.8) is 0 Å². The number of ether oxygens (including phenoxy) is 1. The Morgan fingerprint density at radius 1 is 0.970 bits per heavy atom. The molecule has 1 fully saturated rings. The van der Waals surface area contributed by atoms with Crippen LogP contribution in [0.5, 0.6) is 5.75 Å². The summed E-state index contributed by atoms with van der Waals surface area (Å²) in [4.78, 5) is 17.8. The molecule has 2 aliphatic rings. The third-order valence-electron chi connectivity index (χ3n) is 6.19. The second-order valence-electron chi connectivity index (χ2n) is 8.12. The van der Waals surface area contributed by atoms with Gasteiger partial charge in [-0.15, -0.1) is 0 Å². The molecule has 2 aliphatic heterocycles. The van der Waals surface area contributed by atoms with Crippen molar-refractivity contribution in [3.8, 4) is 11.8 Å². The molecule has 5 rings (SSSR count). The van der Waals surface area contributed by atoms with Gasteiger partial charge in [0.2, 0.25) is 0 Å². The van der Waals surface area contributed by atoms with Gasteiger partial charge in [0.1, 0.15) is 11.9 Å². The van der Waals surface area contributed by atoms with Crippen LogP contribution in [0.4, 0.5) is 17.1 Å². The van der Waals surface area contributed by atoms with E-state index < -0.39 is 6.17 Å². The Hall–Kier alpha value is -4.02. The second kappa shape index (κ2) is 8.85. The van der Waals surface area contributed by atoms with Crippen molar-refractivity contribution in [3.05, 3.63) is 83.4 Å². The Bertz CT molecular complexity index is 1190. The highest BCUT2D eigenvalue weighted by Gasteiger charge is 2.34. The first kappa shape index (κ1) is 20.9.